The maximum absolute atomic E-state index is 4.70. The van der Waals surface area contributed by atoms with Crippen molar-refractivity contribution in [2.75, 3.05) is 0 Å². The molecular formula is C14H8BrN5. The van der Waals surface area contributed by atoms with Gasteiger partial charge < -0.3 is 0 Å². The summed E-state index contributed by atoms with van der Waals surface area (Å²) in [5, 5.41) is 11.9. The Morgan fingerprint density at radius 2 is 1.75 bits per heavy atom. The minimum atomic E-state index is 0.658. The lowest BCUT2D eigenvalue weighted by Crippen LogP contribution is -1.97. The lowest BCUT2D eigenvalue weighted by Gasteiger charge is -2.05. The van der Waals surface area contributed by atoms with E-state index < -0.39 is 0 Å². The van der Waals surface area contributed by atoms with Gasteiger partial charge in [0, 0.05) is 10.0 Å². The van der Waals surface area contributed by atoms with Crippen LogP contribution in [0.5, 0.6) is 0 Å². The van der Waals surface area contributed by atoms with Gasteiger partial charge in [0.05, 0.1) is 11.0 Å². The van der Waals surface area contributed by atoms with Crippen LogP contribution in [0.25, 0.3) is 27.9 Å². The summed E-state index contributed by atoms with van der Waals surface area (Å²) < 4.78 is 2.75. The van der Waals surface area contributed by atoms with Crippen molar-refractivity contribution in [1.29, 1.82) is 0 Å². The van der Waals surface area contributed by atoms with E-state index in [1.165, 1.54) is 0 Å². The predicted octanol–water partition coefficient (Wildman–Crippen LogP) is 3.10. The van der Waals surface area contributed by atoms with Crippen molar-refractivity contribution in [2.45, 2.75) is 0 Å². The Kier molecular flexibility index (Phi) is 2.50. The molecule has 0 N–H and O–H groups in total. The van der Waals surface area contributed by atoms with Gasteiger partial charge in [-0.3, -0.25) is 0 Å². The molecule has 0 atom stereocenters. The van der Waals surface area contributed by atoms with Gasteiger partial charge in [0.25, 0.3) is 0 Å². The van der Waals surface area contributed by atoms with Crippen LogP contribution in [0.15, 0.2) is 53.0 Å². The molecule has 4 rings (SSSR count). The topological polar surface area (TPSA) is 56.0 Å². The monoisotopic (exact) mass is 325 g/mol. The summed E-state index contributed by atoms with van der Waals surface area (Å²) in [5.74, 6) is 0. The number of hydrogen-bond acceptors (Lipinski definition) is 4. The number of nitrogens with zero attached hydrogens (tertiary/aromatic N) is 5. The van der Waals surface area contributed by atoms with Crippen LogP contribution < -0.4 is 0 Å². The van der Waals surface area contributed by atoms with E-state index in [9.17, 15) is 0 Å². The molecule has 2 aromatic carbocycles. The Balaban J connectivity index is 2.11. The van der Waals surface area contributed by atoms with Crippen LogP contribution in [0.2, 0.25) is 0 Å². The molecule has 0 amide bonds. The van der Waals surface area contributed by atoms with E-state index in [0.29, 0.717) is 5.65 Å². The quantitative estimate of drug-likeness (QED) is 0.539. The second-order valence-electron chi connectivity index (χ2n) is 4.37. The van der Waals surface area contributed by atoms with Crippen molar-refractivity contribution >= 4 is 32.6 Å². The fourth-order valence-electron chi connectivity index (χ4n) is 2.21. The van der Waals surface area contributed by atoms with Crippen molar-refractivity contribution in [2.24, 2.45) is 0 Å². The summed E-state index contributed by atoms with van der Waals surface area (Å²) in [6.07, 6.45) is 0. The van der Waals surface area contributed by atoms with Gasteiger partial charge in [-0.05, 0) is 34.7 Å². The smallest absolute Gasteiger partial charge is 0.206 e. The average molecular weight is 326 g/mol. The third kappa shape index (κ3) is 1.69. The number of rotatable bonds is 1. The fraction of sp³-hybridized carbons (Fsp3) is 0. The first kappa shape index (κ1) is 11.5. The average Bonchev–Trinajstić information content (AvgIpc) is 2.97. The zero-order valence-electron chi connectivity index (χ0n) is 10.2. The first-order valence-corrected chi connectivity index (χ1v) is 6.85. The molecule has 6 heteroatoms. The number of tetrazole rings is 1. The van der Waals surface area contributed by atoms with Gasteiger partial charge in [0.15, 0.2) is 0 Å². The molecule has 0 fully saturated rings. The number of para-hydroxylation sites is 2. The van der Waals surface area contributed by atoms with Crippen LogP contribution in [0.1, 0.15) is 0 Å². The normalized spacial score (nSPS) is 11.2. The molecule has 0 radical (unpaired) electrons. The minimum absolute atomic E-state index is 0.658. The Morgan fingerprint density at radius 1 is 0.950 bits per heavy atom. The van der Waals surface area contributed by atoms with Gasteiger partial charge in [-0.2, -0.15) is 4.52 Å². The molecule has 20 heavy (non-hydrogen) atoms. The van der Waals surface area contributed by atoms with Crippen LogP contribution in [0.3, 0.4) is 0 Å². The summed E-state index contributed by atoms with van der Waals surface area (Å²) in [6, 6.07) is 15.8. The Labute approximate surface area is 122 Å². The van der Waals surface area contributed by atoms with Crippen LogP contribution in [0, 0.1) is 0 Å². The van der Waals surface area contributed by atoms with Gasteiger partial charge in [-0.1, -0.05) is 40.2 Å². The molecule has 2 heterocycles. The maximum Gasteiger partial charge on any atom is 0.206 e. The van der Waals surface area contributed by atoms with Crippen LogP contribution >= 0.6 is 15.9 Å². The number of aromatic nitrogens is 5. The van der Waals surface area contributed by atoms with Crippen LogP contribution in [-0.2, 0) is 0 Å². The molecular weight excluding hydrogens is 318 g/mol. The van der Waals surface area contributed by atoms with Gasteiger partial charge in [0.1, 0.15) is 5.69 Å². The van der Waals surface area contributed by atoms with Crippen molar-refractivity contribution in [3.8, 4) is 11.3 Å². The van der Waals surface area contributed by atoms with Gasteiger partial charge in [-0.25, -0.2) is 4.98 Å². The number of fused-ring (bicyclic) bond motifs is 3. The highest BCUT2D eigenvalue weighted by Crippen LogP contribution is 2.25. The standard InChI is InChI=1S/C14H8BrN5/c15-10-7-5-9(6-8-10)13-14-17-18-19-20(14)12-4-2-1-3-11(12)16-13/h1-8H. The summed E-state index contributed by atoms with van der Waals surface area (Å²) in [5.41, 5.74) is 4.18. The second-order valence-corrected chi connectivity index (χ2v) is 5.29. The molecule has 0 spiro atoms. The first-order chi connectivity index (χ1) is 9.83. The SMILES string of the molecule is Brc1ccc(-c2nc3ccccc3n3nnnc23)cc1. The lowest BCUT2D eigenvalue weighted by atomic mass is 10.1. The van der Waals surface area contributed by atoms with E-state index in [2.05, 4.69) is 31.5 Å². The Hall–Kier alpha value is -2.34. The van der Waals surface area contributed by atoms with E-state index in [0.717, 1.165) is 26.8 Å². The van der Waals surface area contributed by atoms with E-state index in [1.807, 2.05) is 48.5 Å². The molecule has 96 valence electrons. The van der Waals surface area contributed by atoms with E-state index in [1.54, 1.807) is 4.52 Å². The third-order valence-corrected chi connectivity index (χ3v) is 3.67. The van der Waals surface area contributed by atoms with Gasteiger partial charge >= 0.3 is 0 Å². The Morgan fingerprint density at radius 3 is 2.60 bits per heavy atom. The van der Waals surface area contributed by atoms with Crippen molar-refractivity contribution in [3.05, 3.63) is 53.0 Å². The number of benzene rings is 2. The van der Waals surface area contributed by atoms with Crippen LogP contribution in [-0.4, -0.2) is 25.0 Å². The number of halogens is 1. The molecule has 0 aliphatic rings. The molecule has 2 aromatic heterocycles. The fourth-order valence-corrected chi connectivity index (χ4v) is 2.47. The lowest BCUT2D eigenvalue weighted by molar-refractivity contribution is 0.841. The van der Waals surface area contributed by atoms with Gasteiger partial charge in [0.2, 0.25) is 5.65 Å². The zero-order valence-corrected chi connectivity index (χ0v) is 11.8. The third-order valence-electron chi connectivity index (χ3n) is 3.14. The molecule has 0 unspecified atom stereocenters. The minimum Gasteiger partial charge on any atom is -0.242 e. The van der Waals surface area contributed by atoms with Crippen LogP contribution in [0.4, 0.5) is 0 Å². The number of hydrogen-bond donors (Lipinski definition) is 0. The van der Waals surface area contributed by atoms with Gasteiger partial charge in [-0.15, -0.1) is 5.10 Å². The van der Waals surface area contributed by atoms with E-state index >= 15 is 0 Å². The Bertz CT molecular complexity index is 914. The first-order valence-electron chi connectivity index (χ1n) is 6.06. The van der Waals surface area contributed by atoms with Crippen molar-refractivity contribution in [1.82, 2.24) is 25.0 Å². The highest BCUT2D eigenvalue weighted by atomic mass is 79.9. The maximum atomic E-state index is 4.70. The van der Waals surface area contributed by atoms with Crippen molar-refractivity contribution < 1.29 is 0 Å². The molecule has 4 aromatic rings. The summed E-state index contributed by atoms with van der Waals surface area (Å²) in [6.45, 7) is 0. The molecule has 0 aliphatic heterocycles. The second kappa shape index (κ2) is 4.35. The molecule has 5 nitrogen and oxygen atoms in total. The summed E-state index contributed by atoms with van der Waals surface area (Å²) in [7, 11) is 0. The summed E-state index contributed by atoms with van der Waals surface area (Å²) in [4.78, 5) is 4.70. The molecule has 0 saturated heterocycles. The highest BCUT2D eigenvalue weighted by Gasteiger charge is 2.12. The summed E-state index contributed by atoms with van der Waals surface area (Å²) >= 11 is 3.43. The molecule has 0 bridgehead atoms. The highest BCUT2D eigenvalue weighted by molar-refractivity contribution is 9.10. The predicted molar refractivity (Wildman–Crippen MR) is 79.2 cm³/mol. The molecule has 0 aliphatic carbocycles. The van der Waals surface area contributed by atoms with E-state index in [-0.39, 0.29) is 0 Å². The zero-order chi connectivity index (χ0) is 13.5. The van der Waals surface area contributed by atoms with E-state index in [4.69, 9.17) is 4.98 Å². The largest absolute Gasteiger partial charge is 0.242 e. The molecule has 0 saturated carbocycles. The van der Waals surface area contributed by atoms with Crippen molar-refractivity contribution in [3.63, 3.8) is 0 Å².